The third-order valence-electron chi connectivity index (χ3n) is 7.84. The van der Waals surface area contributed by atoms with Crippen LogP contribution in [0.5, 0.6) is 11.5 Å². The largest absolute Gasteiger partial charge is 0.490 e. The van der Waals surface area contributed by atoms with Crippen LogP contribution in [0.3, 0.4) is 0 Å². The minimum atomic E-state index is 0.0608. The molecule has 4 heterocycles. The van der Waals surface area contributed by atoms with E-state index in [2.05, 4.69) is 22.0 Å². The zero-order valence-corrected chi connectivity index (χ0v) is 21.0. The van der Waals surface area contributed by atoms with Crippen molar-refractivity contribution < 1.29 is 14.3 Å². The summed E-state index contributed by atoms with van der Waals surface area (Å²) in [5.41, 5.74) is 3.17. The maximum Gasteiger partial charge on any atom is 0.253 e. The van der Waals surface area contributed by atoms with E-state index in [0.717, 1.165) is 56.0 Å². The Balaban J connectivity index is 1.18. The van der Waals surface area contributed by atoms with Gasteiger partial charge in [0.05, 0.1) is 13.2 Å². The van der Waals surface area contributed by atoms with Crippen LogP contribution in [0.25, 0.3) is 0 Å². The van der Waals surface area contributed by atoms with E-state index in [0.29, 0.717) is 30.3 Å². The van der Waals surface area contributed by atoms with Crippen LogP contribution in [0.2, 0.25) is 5.02 Å². The van der Waals surface area contributed by atoms with Gasteiger partial charge in [0.15, 0.2) is 11.5 Å². The molecule has 1 unspecified atom stereocenters. The van der Waals surface area contributed by atoms with Crippen molar-refractivity contribution in [3.63, 3.8) is 0 Å². The number of piperidine rings is 1. The molecule has 36 heavy (non-hydrogen) atoms. The summed E-state index contributed by atoms with van der Waals surface area (Å²) in [6.07, 6.45) is 6.58. The van der Waals surface area contributed by atoms with E-state index < -0.39 is 0 Å². The van der Waals surface area contributed by atoms with Crippen LogP contribution in [0.15, 0.2) is 67.0 Å². The number of benzene rings is 2. The topological polar surface area (TPSA) is 54.9 Å². The molecule has 7 heteroatoms. The van der Waals surface area contributed by atoms with E-state index in [1.54, 1.807) is 0 Å². The number of amides is 1. The van der Waals surface area contributed by atoms with Gasteiger partial charge in [-0.1, -0.05) is 35.9 Å². The molecule has 6 nitrogen and oxygen atoms in total. The highest BCUT2D eigenvalue weighted by molar-refractivity contribution is 6.31. The monoisotopic (exact) mass is 503 g/mol. The van der Waals surface area contributed by atoms with Gasteiger partial charge in [0, 0.05) is 67.0 Å². The molecule has 1 amide bonds. The number of rotatable bonds is 4. The molecule has 1 aromatic heterocycles. The van der Waals surface area contributed by atoms with Gasteiger partial charge in [-0.3, -0.25) is 14.7 Å². The summed E-state index contributed by atoms with van der Waals surface area (Å²) in [5.74, 6) is 1.44. The number of carbonyl (C=O) groups is 1. The van der Waals surface area contributed by atoms with Crippen molar-refractivity contribution in [2.75, 3.05) is 32.8 Å². The molecule has 2 fully saturated rings. The number of hydrogen-bond acceptors (Lipinski definition) is 5. The highest BCUT2D eigenvalue weighted by Crippen LogP contribution is 2.55. The summed E-state index contributed by atoms with van der Waals surface area (Å²) in [5, 5.41) is 0.805. The Morgan fingerprint density at radius 2 is 1.83 bits per heavy atom. The van der Waals surface area contributed by atoms with Crippen LogP contribution in [0.1, 0.15) is 46.8 Å². The smallest absolute Gasteiger partial charge is 0.253 e. The van der Waals surface area contributed by atoms with Gasteiger partial charge in [0.25, 0.3) is 5.91 Å². The summed E-state index contributed by atoms with van der Waals surface area (Å²) in [7, 11) is 0. The number of aromatic nitrogens is 1. The second-order valence-corrected chi connectivity index (χ2v) is 10.5. The molecule has 0 bridgehead atoms. The predicted molar refractivity (Wildman–Crippen MR) is 138 cm³/mol. The quantitative estimate of drug-likeness (QED) is 0.478. The third kappa shape index (κ3) is 4.33. The lowest BCUT2D eigenvalue weighted by atomic mass is 9.63. The number of fused-ring (bicyclic) bond motifs is 1. The minimum Gasteiger partial charge on any atom is -0.490 e. The molecule has 3 aromatic rings. The van der Waals surface area contributed by atoms with E-state index >= 15 is 0 Å². The van der Waals surface area contributed by atoms with E-state index in [4.69, 9.17) is 21.1 Å². The second kappa shape index (κ2) is 9.75. The van der Waals surface area contributed by atoms with Crippen molar-refractivity contribution in [1.82, 2.24) is 14.8 Å². The Labute approximate surface area is 216 Å². The average Bonchev–Trinajstić information content (AvgIpc) is 3.15. The molecule has 0 aliphatic carbocycles. The third-order valence-corrected chi connectivity index (χ3v) is 8.20. The van der Waals surface area contributed by atoms with Crippen molar-refractivity contribution in [2.24, 2.45) is 5.41 Å². The lowest BCUT2D eigenvalue weighted by Crippen LogP contribution is -2.62. The SMILES string of the molecule is O=C(c1ccc2c(c1)OCCCO2)N1CCC2(CC1)CN(Cc1ccccc1Cl)C2c1cccnc1. The molecule has 1 atom stereocenters. The number of ether oxygens (including phenoxy) is 2. The average molecular weight is 504 g/mol. The van der Waals surface area contributed by atoms with Crippen LogP contribution >= 0.6 is 11.6 Å². The molecule has 2 aromatic carbocycles. The number of halogens is 1. The van der Waals surface area contributed by atoms with Crippen molar-refractivity contribution in [3.05, 3.63) is 88.7 Å². The fourth-order valence-corrected chi connectivity index (χ4v) is 6.21. The first-order valence-corrected chi connectivity index (χ1v) is 13.1. The van der Waals surface area contributed by atoms with Crippen molar-refractivity contribution in [1.29, 1.82) is 0 Å². The van der Waals surface area contributed by atoms with Gasteiger partial charge in [-0.25, -0.2) is 0 Å². The van der Waals surface area contributed by atoms with Crippen LogP contribution in [-0.2, 0) is 6.54 Å². The molecular weight excluding hydrogens is 474 g/mol. The number of carbonyl (C=O) groups excluding carboxylic acids is 1. The Morgan fingerprint density at radius 1 is 1.03 bits per heavy atom. The molecule has 3 aliphatic heterocycles. The van der Waals surface area contributed by atoms with Gasteiger partial charge in [-0.2, -0.15) is 0 Å². The first kappa shape index (κ1) is 23.3. The maximum absolute atomic E-state index is 13.4. The van der Waals surface area contributed by atoms with E-state index in [-0.39, 0.29) is 17.4 Å². The summed E-state index contributed by atoms with van der Waals surface area (Å²) in [4.78, 5) is 22.3. The Hall–Kier alpha value is -3.09. The van der Waals surface area contributed by atoms with Gasteiger partial charge in [-0.15, -0.1) is 0 Å². The summed E-state index contributed by atoms with van der Waals surface area (Å²) in [6.45, 7) is 4.52. The maximum atomic E-state index is 13.4. The molecule has 6 rings (SSSR count). The fraction of sp³-hybridized carbons (Fsp3) is 0.379. The van der Waals surface area contributed by atoms with Crippen LogP contribution < -0.4 is 9.47 Å². The lowest BCUT2D eigenvalue weighted by molar-refractivity contribution is -0.113. The van der Waals surface area contributed by atoms with E-state index in [9.17, 15) is 4.79 Å². The van der Waals surface area contributed by atoms with Gasteiger partial charge in [-0.05, 0) is 54.3 Å². The Kier molecular flexibility index (Phi) is 6.32. The molecule has 3 aliphatic rings. The van der Waals surface area contributed by atoms with Crippen molar-refractivity contribution >= 4 is 17.5 Å². The predicted octanol–water partition coefficient (Wildman–Crippen LogP) is 5.38. The zero-order chi connectivity index (χ0) is 24.5. The highest BCUT2D eigenvalue weighted by atomic mass is 35.5. The Bertz CT molecular complexity index is 1240. The number of likely N-dealkylation sites (tertiary alicyclic amines) is 2. The zero-order valence-electron chi connectivity index (χ0n) is 20.2. The minimum absolute atomic E-state index is 0.0608. The first-order valence-electron chi connectivity index (χ1n) is 12.7. The van der Waals surface area contributed by atoms with Gasteiger partial charge >= 0.3 is 0 Å². The van der Waals surface area contributed by atoms with Gasteiger partial charge in [0.1, 0.15) is 0 Å². The normalized spacial score (nSPS) is 21.0. The van der Waals surface area contributed by atoms with Crippen molar-refractivity contribution in [2.45, 2.75) is 31.8 Å². The Morgan fingerprint density at radius 3 is 2.61 bits per heavy atom. The molecule has 1 spiro atoms. The van der Waals surface area contributed by atoms with Crippen LogP contribution in [0.4, 0.5) is 0 Å². The molecular formula is C29H30ClN3O3. The van der Waals surface area contributed by atoms with Gasteiger partial charge in [0.2, 0.25) is 0 Å². The molecule has 0 N–H and O–H groups in total. The molecule has 0 radical (unpaired) electrons. The number of pyridine rings is 1. The highest BCUT2D eigenvalue weighted by Gasteiger charge is 2.54. The van der Waals surface area contributed by atoms with Crippen LogP contribution in [-0.4, -0.2) is 53.5 Å². The first-order chi connectivity index (χ1) is 17.6. The number of nitrogens with zero attached hydrogens (tertiary/aromatic N) is 3. The summed E-state index contributed by atoms with van der Waals surface area (Å²) in [6, 6.07) is 18.1. The molecule has 0 saturated carbocycles. The summed E-state index contributed by atoms with van der Waals surface area (Å²) < 4.78 is 11.5. The van der Waals surface area contributed by atoms with E-state index in [1.807, 2.05) is 59.8 Å². The molecule has 2 saturated heterocycles. The van der Waals surface area contributed by atoms with Gasteiger partial charge < -0.3 is 14.4 Å². The second-order valence-electron chi connectivity index (χ2n) is 10.1. The molecule has 186 valence electrons. The van der Waals surface area contributed by atoms with E-state index in [1.165, 1.54) is 5.56 Å². The lowest BCUT2D eigenvalue weighted by Gasteiger charge is -2.60. The fourth-order valence-electron chi connectivity index (χ4n) is 6.02. The standard InChI is InChI=1S/C29H30ClN3O3/c30-24-7-2-1-5-23(24)19-33-20-29(27(33)22-6-3-12-31-18-22)10-13-32(14-11-29)28(34)21-8-9-25-26(17-21)36-16-4-15-35-25/h1-3,5-9,12,17-18,27H,4,10-11,13-16,19-20H2. The summed E-state index contributed by atoms with van der Waals surface area (Å²) >= 11 is 6.49. The van der Waals surface area contributed by atoms with Crippen molar-refractivity contribution in [3.8, 4) is 11.5 Å². The number of hydrogen-bond donors (Lipinski definition) is 0. The van der Waals surface area contributed by atoms with Crippen LogP contribution in [0, 0.1) is 5.41 Å².